The third-order valence-corrected chi connectivity index (χ3v) is 3.51. The number of nitrogens with zero attached hydrogens (tertiary/aromatic N) is 2. The summed E-state index contributed by atoms with van der Waals surface area (Å²) in [5, 5.41) is 4.88. The molecule has 1 heterocycles. The van der Waals surface area contributed by atoms with E-state index in [0.717, 1.165) is 21.9 Å². The molecule has 120 valence electrons. The number of hydrogen-bond donors (Lipinski definition) is 1. The molecule has 1 aromatic heterocycles. The minimum atomic E-state index is 0.506. The number of ether oxygens (including phenoxy) is 1. The Morgan fingerprint density at radius 3 is 2.50 bits per heavy atom. The minimum Gasteiger partial charge on any atom is -0.489 e. The molecule has 0 saturated carbocycles. The molecular weight excluding hydrogens is 322 g/mol. The van der Waals surface area contributed by atoms with Crippen LogP contribution in [0.3, 0.4) is 0 Å². The molecule has 4 nitrogen and oxygen atoms in total. The van der Waals surface area contributed by atoms with Gasteiger partial charge in [-0.3, -0.25) is 5.43 Å². The van der Waals surface area contributed by atoms with Crippen molar-refractivity contribution >= 4 is 23.6 Å². The predicted molar refractivity (Wildman–Crippen MR) is 97.7 cm³/mol. The Balaban J connectivity index is 1.52. The monoisotopic (exact) mass is 337 g/mol. The highest BCUT2D eigenvalue weighted by Crippen LogP contribution is 2.15. The zero-order valence-electron chi connectivity index (χ0n) is 12.9. The summed E-state index contributed by atoms with van der Waals surface area (Å²) in [6.07, 6.45) is 3.45. The van der Waals surface area contributed by atoms with Gasteiger partial charge in [-0.05, 0) is 59.7 Å². The van der Waals surface area contributed by atoms with Crippen LogP contribution < -0.4 is 10.2 Å². The van der Waals surface area contributed by atoms with Gasteiger partial charge in [0.1, 0.15) is 18.2 Å². The van der Waals surface area contributed by atoms with Crippen molar-refractivity contribution in [2.45, 2.75) is 6.61 Å². The number of pyridine rings is 1. The molecule has 0 aliphatic rings. The van der Waals surface area contributed by atoms with Crippen molar-refractivity contribution in [3.8, 4) is 5.75 Å². The number of rotatable bonds is 6. The molecule has 0 saturated heterocycles. The number of halogens is 1. The Morgan fingerprint density at radius 1 is 1.00 bits per heavy atom. The fraction of sp³-hybridized carbons (Fsp3) is 0.0526. The van der Waals surface area contributed by atoms with E-state index in [9.17, 15) is 0 Å². The van der Waals surface area contributed by atoms with Gasteiger partial charge in [0.25, 0.3) is 0 Å². The Bertz CT molecular complexity index is 787. The van der Waals surface area contributed by atoms with Gasteiger partial charge in [-0.2, -0.15) is 5.10 Å². The Hall–Kier alpha value is -2.85. The van der Waals surface area contributed by atoms with Crippen molar-refractivity contribution in [2.24, 2.45) is 5.10 Å². The lowest BCUT2D eigenvalue weighted by Gasteiger charge is -2.06. The fourth-order valence-electron chi connectivity index (χ4n) is 2.00. The summed E-state index contributed by atoms with van der Waals surface area (Å²) in [6, 6.07) is 20.9. The minimum absolute atomic E-state index is 0.506. The first-order valence-corrected chi connectivity index (χ1v) is 7.85. The molecule has 0 aliphatic carbocycles. The van der Waals surface area contributed by atoms with Crippen molar-refractivity contribution in [3.63, 3.8) is 0 Å². The highest BCUT2D eigenvalue weighted by molar-refractivity contribution is 6.30. The number of aromatic nitrogens is 1. The van der Waals surface area contributed by atoms with E-state index in [1.807, 2.05) is 66.7 Å². The van der Waals surface area contributed by atoms with Crippen molar-refractivity contribution in [2.75, 3.05) is 5.43 Å². The smallest absolute Gasteiger partial charge is 0.146 e. The summed E-state index contributed by atoms with van der Waals surface area (Å²) in [6.45, 7) is 0.506. The van der Waals surface area contributed by atoms with Gasteiger partial charge in [-0.1, -0.05) is 29.8 Å². The molecule has 0 amide bonds. The molecule has 0 bridgehead atoms. The number of hydrazone groups is 1. The first kappa shape index (κ1) is 16.0. The molecular formula is C19H16ClN3O. The summed E-state index contributed by atoms with van der Waals surface area (Å²) in [5.74, 6) is 1.51. The van der Waals surface area contributed by atoms with E-state index in [2.05, 4.69) is 15.5 Å². The van der Waals surface area contributed by atoms with Crippen molar-refractivity contribution in [3.05, 3.63) is 89.1 Å². The van der Waals surface area contributed by atoms with Crippen LogP contribution in [0.5, 0.6) is 5.75 Å². The standard InChI is InChI=1S/C19H16ClN3O/c20-17-8-4-16(5-9-17)14-24-18-10-6-15(7-11-18)13-22-23-19-3-1-2-12-21-19/h1-13H,14H2,(H,21,23). The average Bonchev–Trinajstić information content (AvgIpc) is 2.63. The second-order valence-corrected chi connectivity index (χ2v) is 5.51. The molecule has 5 heteroatoms. The summed E-state index contributed by atoms with van der Waals surface area (Å²) in [5.41, 5.74) is 4.92. The van der Waals surface area contributed by atoms with E-state index < -0.39 is 0 Å². The van der Waals surface area contributed by atoms with Crippen LogP contribution in [-0.4, -0.2) is 11.2 Å². The zero-order valence-corrected chi connectivity index (χ0v) is 13.6. The fourth-order valence-corrected chi connectivity index (χ4v) is 2.13. The maximum Gasteiger partial charge on any atom is 0.146 e. The number of hydrogen-bond acceptors (Lipinski definition) is 4. The van der Waals surface area contributed by atoms with Gasteiger partial charge in [0.15, 0.2) is 0 Å². The van der Waals surface area contributed by atoms with Crippen molar-refractivity contribution in [1.29, 1.82) is 0 Å². The Morgan fingerprint density at radius 2 is 1.79 bits per heavy atom. The molecule has 0 fully saturated rings. The average molecular weight is 338 g/mol. The first-order chi connectivity index (χ1) is 11.8. The van der Waals surface area contributed by atoms with E-state index >= 15 is 0 Å². The van der Waals surface area contributed by atoms with E-state index in [1.165, 1.54) is 0 Å². The molecule has 0 unspecified atom stereocenters. The van der Waals surface area contributed by atoms with Gasteiger partial charge >= 0.3 is 0 Å². The van der Waals surface area contributed by atoms with Crippen molar-refractivity contribution < 1.29 is 4.74 Å². The molecule has 3 aromatic rings. The molecule has 3 rings (SSSR count). The summed E-state index contributed by atoms with van der Waals surface area (Å²) in [4.78, 5) is 4.13. The van der Waals surface area contributed by atoms with Crippen molar-refractivity contribution in [1.82, 2.24) is 4.98 Å². The molecule has 0 aliphatic heterocycles. The lowest BCUT2D eigenvalue weighted by molar-refractivity contribution is 0.306. The maximum absolute atomic E-state index is 5.86. The summed E-state index contributed by atoms with van der Waals surface area (Å²) >= 11 is 5.86. The lowest BCUT2D eigenvalue weighted by atomic mass is 10.2. The van der Waals surface area contributed by atoms with Crippen LogP contribution in [0.25, 0.3) is 0 Å². The molecule has 2 aromatic carbocycles. The van der Waals surface area contributed by atoms with E-state index in [4.69, 9.17) is 16.3 Å². The van der Waals surface area contributed by atoms with Crippen LogP contribution in [0.15, 0.2) is 78.0 Å². The molecule has 0 spiro atoms. The van der Waals surface area contributed by atoms with Gasteiger partial charge in [-0.15, -0.1) is 0 Å². The van der Waals surface area contributed by atoms with Gasteiger partial charge in [0.2, 0.25) is 0 Å². The SMILES string of the molecule is Clc1ccc(COc2ccc(C=NNc3ccccn3)cc2)cc1. The maximum atomic E-state index is 5.86. The highest BCUT2D eigenvalue weighted by Gasteiger charge is 1.97. The molecule has 24 heavy (non-hydrogen) atoms. The van der Waals surface area contributed by atoms with Gasteiger partial charge in [0.05, 0.1) is 6.21 Å². The molecule has 0 atom stereocenters. The second-order valence-electron chi connectivity index (χ2n) is 5.07. The van der Waals surface area contributed by atoms with Crippen LogP contribution in [-0.2, 0) is 6.61 Å². The van der Waals surface area contributed by atoms with Crippen LogP contribution in [0.1, 0.15) is 11.1 Å². The predicted octanol–water partition coefficient (Wildman–Crippen LogP) is 4.76. The number of benzene rings is 2. The van der Waals surface area contributed by atoms with Gasteiger partial charge in [-0.25, -0.2) is 4.98 Å². The zero-order chi connectivity index (χ0) is 16.6. The molecule has 0 radical (unpaired) electrons. The van der Waals surface area contributed by atoms with E-state index in [1.54, 1.807) is 12.4 Å². The Kier molecular flexibility index (Phi) is 5.43. The third kappa shape index (κ3) is 4.83. The van der Waals surface area contributed by atoms with E-state index in [-0.39, 0.29) is 0 Å². The number of anilines is 1. The normalized spacial score (nSPS) is 10.7. The van der Waals surface area contributed by atoms with Crippen LogP contribution in [0.4, 0.5) is 5.82 Å². The lowest BCUT2D eigenvalue weighted by Crippen LogP contribution is -1.95. The van der Waals surface area contributed by atoms with Crippen LogP contribution in [0, 0.1) is 0 Å². The first-order valence-electron chi connectivity index (χ1n) is 7.47. The van der Waals surface area contributed by atoms with Crippen LogP contribution in [0.2, 0.25) is 5.02 Å². The molecule has 1 N–H and O–H groups in total. The van der Waals surface area contributed by atoms with E-state index in [0.29, 0.717) is 12.4 Å². The summed E-state index contributed by atoms with van der Waals surface area (Å²) in [7, 11) is 0. The quantitative estimate of drug-likeness (QED) is 0.521. The largest absolute Gasteiger partial charge is 0.489 e. The number of nitrogens with one attached hydrogen (secondary N) is 1. The third-order valence-electron chi connectivity index (χ3n) is 3.26. The second kappa shape index (κ2) is 8.13. The van der Waals surface area contributed by atoms with Gasteiger partial charge in [0, 0.05) is 11.2 Å². The van der Waals surface area contributed by atoms with Crippen LogP contribution >= 0.6 is 11.6 Å². The highest BCUT2D eigenvalue weighted by atomic mass is 35.5. The topological polar surface area (TPSA) is 46.5 Å². The van der Waals surface area contributed by atoms with Gasteiger partial charge < -0.3 is 4.74 Å². The summed E-state index contributed by atoms with van der Waals surface area (Å²) < 4.78 is 5.75. The Labute approximate surface area is 145 Å².